The fraction of sp³-hybridized carbons (Fsp3) is 0.154. The van der Waals surface area contributed by atoms with Crippen molar-refractivity contribution in [1.82, 2.24) is 0 Å². The standard InChI is InChI=1S/C13H11Br2NO2/c14-8-1-4-10(11(15)7-8)12-5-2-9(18-12)3-6-13(16)17/h1-2,4-5,7H,3,6H2,(H2,16,17). The van der Waals surface area contributed by atoms with Crippen molar-refractivity contribution in [3.05, 3.63) is 45.0 Å². The molecule has 2 rings (SSSR count). The highest BCUT2D eigenvalue weighted by atomic mass is 79.9. The number of nitrogens with two attached hydrogens (primary N) is 1. The molecule has 0 bridgehead atoms. The van der Waals surface area contributed by atoms with E-state index in [0.717, 1.165) is 26.0 Å². The van der Waals surface area contributed by atoms with E-state index in [1.54, 1.807) is 0 Å². The van der Waals surface area contributed by atoms with Crippen LogP contribution in [0, 0.1) is 0 Å². The molecule has 2 N–H and O–H groups in total. The van der Waals surface area contributed by atoms with Gasteiger partial charge >= 0.3 is 0 Å². The molecule has 0 aliphatic rings. The Morgan fingerprint density at radius 3 is 2.67 bits per heavy atom. The van der Waals surface area contributed by atoms with Crippen LogP contribution in [0.1, 0.15) is 12.2 Å². The quantitative estimate of drug-likeness (QED) is 0.884. The summed E-state index contributed by atoms with van der Waals surface area (Å²) in [6.45, 7) is 0. The van der Waals surface area contributed by atoms with E-state index in [0.29, 0.717) is 12.8 Å². The molecule has 0 fully saturated rings. The molecular weight excluding hydrogens is 362 g/mol. The summed E-state index contributed by atoms with van der Waals surface area (Å²) in [6.07, 6.45) is 0.831. The number of hydrogen-bond donors (Lipinski definition) is 1. The lowest BCUT2D eigenvalue weighted by atomic mass is 10.2. The molecule has 5 heteroatoms. The molecule has 18 heavy (non-hydrogen) atoms. The maximum Gasteiger partial charge on any atom is 0.217 e. The minimum Gasteiger partial charge on any atom is -0.461 e. The smallest absolute Gasteiger partial charge is 0.217 e. The van der Waals surface area contributed by atoms with Gasteiger partial charge in [0, 0.05) is 27.4 Å². The molecule has 0 atom stereocenters. The monoisotopic (exact) mass is 371 g/mol. The topological polar surface area (TPSA) is 56.2 Å². The first-order valence-corrected chi connectivity index (χ1v) is 6.97. The van der Waals surface area contributed by atoms with Crippen LogP contribution in [0.5, 0.6) is 0 Å². The third-order valence-corrected chi connectivity index (χ3v) is 3.63. The van der Waals surface area contributed by atoms with Crippen molar-refractivity contribution in [2.45, 2.75) is 12.8 Å². The average molecular weight is 373 g/mol. The van der Waals surface area contributed by atoms with Crippen LogP contribution >= 0.6 is 31.9 Å². The zero-order valence-corrected chi connectivity index (χ0v) is 12.6. The van der Waals surface area contributed by atoms with Crippen molar-refractivity contribution in [3.8, 4) is 11.3 Å². The Hall–Kier alpha value is -1.07. The maximum absolute atomic E-state index is 10.7. The predicted molar refractivity (Wildman–Crippen MR) is 77.1 cm³/mol. The van der Waals surface area contributed by atoms with Gasteiger partial charge in [-0.25, -0.2) is 0 Å². The van der Waals surface area contributed by atoms with Crippen molar-refractivity contribution < 1.29 is 9.21 Å². The van der Waals surface area contributed by atoms with Gasteiger partial charge in [0.05, 0.1) is 0 Å². The molecule has 0 saturated heterocycles. The Morgan fingerprint density at radius 1 is 1.22 bits per heavy atom. The molecule has 0 spiro atoms. The molecule has 94 valence electrons. The lowest BCUT2D eigenvalue weighted by Crippen LogP contribution is -2.10. The van der Waals surface area contributed by atoms with Gasteiger partial charge in [-0.3, -0.25) is 4.79 Å². The van der Waals surface area contributed by atoms with E-state index < -0.39 is 0 Å². The normalized spacial score (nSPS) is 10.6. The van der Waals surface area contributed by atoms with E-state index in [1.165, 1.54) is 0 Å². The fourth-order valence-corrected chi connectivity index (χ4v) is 2.84. The van der Waals surface area contributed by atoms with Gasteiger partial charge in [0.1, 0.15) is 11.5 Å². The summed E-state index contributed by atoms with van der Waals surface area (Å²) in [4.78, 5) is 10.7. The van der Waals surface area contributed by atoms with Crippen molar-refractivity contribution in [3.63, 3.8) is 0 Å². The molecule has 0 unspecified atom stereocenters. The van der Waals surface area contributed by atoms with Gasteiger partial charge in [-0.15, -0.1) is 0 Å². The van der Waals surface area contributed by atoms with Gasteiger partial charge in [-0.1, -0.05) is 15.9 Å². The highest BCUT2D eigenvalue weighted by Gasteiger charge is 2.09. The highest BCUT2D eigenvalue weighted by Crippen LogP contribution is 2.32. The number of amides is 1. The second kappa shape index (κ2) is 5.71. The van der Waals surface area contributed by atoms with Crippen molar-refractivity contribution in [2.24, 2.45) is 5.73 Å². The number of benzene rings is 1. The average Bonchev–Trinajstić information content (AvgIpc) is 2.75. The van der Waals surface area contributed by atoms with Crippen LogP contribution in [0.4, 0.5) is 0 Å². The first-order chi connectivity index (χ1) is 8.56. The van der Waals surface area contributed by atoms with Crippen LogP contribution in [0.2, 0.25) is 0 Å². The van der Waals surface area contributed by atoms with Gasteiger partial charge in [0.2, 0.25) is 5.91 Å². The predicted octanol–water partition coefficient (Wildman–Crippen LogP) is 3.89. The van der Waals surface area contributed by atoms with Crippen LogP contribution in [0.3, 0.4) is 0 Å². The Bertz CT molecular complexity index is 578. The van der Waals surface area contributed by atoms with Gasteiger partial charge in [-0.05, 0) is 46.3 Å². The van der Waals surface area contributed by atoms with Gasteiger partial charge in [-0.2, -0.15) is 0 Å². The summed E-state index contributed by atoms with van der Waals surface area (Å²) in [6, 6.07) is 9.63. The Balaban J connectivity index is 2.21. The summed E-state index contributed by atoms with van der Waals surface area (Å²) in [7, 11) is 0. The molecular formula is C13H11Br2NO2. The summed E-state index contributed by atoms with van der Waals surface area (Å²) < 4.78 is 7.64. The van der Waals surface area contributed by atoms with Crippen molar-refractivity contribution in [1.29, 1.82) is 0 Å². The molecule has 2 aromatic rings. The SMILES string of the molecule is NC(=O)CCc1ccc(-c2ccc(Br)cc2Br)o1. The van der Waals surface area contributed by atoms with Crippen LogP contribution < -0.4 is 5.73 Å². The Kier molecular flexibility index (Phi) is 4.24. The lowest BCUT2D eigenvalue weighted by molar-refractivity contribution is -0.118. The summed E-state index contributed by atoms with van der Waals surface area (Å²) in [5, 5.41) is 0. The third kappa shape index (κ3) is 3.23. The van der Waals surface area contributed by atoms with Gasteiger partial charge in [0.15, 0.2) is 0 Å². The van der Waals surface area contributed by atoms with E-state index in [4.69, 9.17) is 10.2 Å². The minimum atomic E-state index is -0.322. The molecule has 1 heterocycles. The molecule has 0 radical (unpaired) electrons. The van der Waals surface area contributed by atoms with Gasteiger partial charge < -0.3 is 10.2 Å². The third-order valence-electron chi connectivity index (χ3n) is 2.48. The number of hydrogen-bond acceptors (Lipinski definition) is 2. The first kappa shape index (κ1) is 13.4. The second-order valence-electron chi connectivity index (χ2n) is 3.86. The van der Waals surface area contributed by atoms with E-state index >= 15 is 0 Å². The minimum absolute atomic E-state index is 0.300. The summed E-state index contributed by atoms with van der Waals surface area (Å²) in [5.41, 5.74) is 6.08. The Labute approximate surface area is 122 Å². The van der Waals surface area contributed by atoms with E-state index in [-0.39, 0.29) is 5.91 Å². The van der Waals surface area contributed by atoms with E-state index in [1.807, 2.05) is 30.3 Å². The second-order valence-corrected chi connectivity index (χ2v) is 5.63. The zero-order valence-electron chi connectivity index (χ0n) is 9.45. The van der Waals surface area contributed by atoms with E-state index in [2.05, 4.69) is 31.9 Å². The summed E-state index contributed by atoms with van der Waals surface area (Å²) >= 11 is 6.89. The van der Waals surface area contributed by atoms with E-state index in [9.17, 15) is 4.79 Å². The molecule has 0 saturated carbocycles. The molecule has 1 aromatic heterocycles. The number of rotatable bonds is 4. The lowest BCUT2D eigenvalue weighted by Gasteiger charge is -2.01. The van der Waals surface area contributed by atoms with Crippen molar-refractivity contribution >= 4 is 37.8 Å². The summed E-state index contributed by atoms with van der Waals surface area (Å²) in [5.74, 6) is 1.21. The molecule has 0 aliphatic carbocycles. The number of halogens is 2. The first-order valence-electron chi connectivity index (χ1n) is 5.38. The molecule has 0 aliphatic heterocycles. The Morgan fingerprint density at radius 2 is 2.00 bits per heavy atom. The number of furan rings is 1. The number of aryl methyl sites for hydroxylation is 1. The molecule has 3 nitrogen and oxygen atoms in total. The number of carbonyl (C=O) groups is 1. The molecule has 1 amide bonds. The van der Waals surface area contributed by atoms with Crippen LogP contribution in [-0.4, -0.2) is 5.91 Å². The molecule has 1 aromatic carbocycles. The largest absolute Gasteiger partial charge is 0.461 e. The maximum atomic E-state index is 10.7. The van der Waals surface area contributed by atoms with Crippen molar-refractivity contribution in [2.75, 3.05) is 0 Å². The van der Waals surface area contributed by atoms with Gasteiger partial charge in [0.25, 0.3) is 0 Å². The zero-order chi connectivity index (χ0) is 13.1. The number of carbonyl (C=O) groups excluding carboxylic acids is 1. The highest BCUT2D eigenvalue weighted by molar-refractivity contribution is 9.11. The van der Waals surface area contributed by atoms with Crippen LogP contribution in [0.15, 0.2) is 43.7 Å². The van der Waals surface area contributed by atoms with Crippen LogP contribution in [0.25, 0.3) is 11.3 Å². The number of primary amides is 1. The fourth-order valence-electron chi connectivity index (χ4n) is 1.59. The van der Waals surface area contributed by atoms with Crippen LogP contribution in [-0.2, 0) is 11.2 Å².